The number of pyridine rings is 2. The Morgan fingerprint density at radius 3 is 2.55 bits per heavy atom. The summed E-state index contributed by atoms with van der Waals surface area (Å²) in [4.78, 5) is 26.3. The van der Waals surface area contributed by atoms with Gasteiger partial charge in [-0.3, -0.25) is 9.48 Å². The molecule has 9 heteroatoms. The molecule has 1 aliphatic rings. The first kappa shape index (κ1) is 20.9. The van der Waals surface area contributed by atoms with E-state index in [1.165, 1.54) is 0 Å². The molecule has 3 N–H and O–H groups in total. The Labute approximate surface area is 191 Å². The number of likely N-dealkylation sites (N-methyl/N-ethyl adjacent to an activating group) is 1. The van der Waals surface area contributed by atoms with Crippen molar-refractivity contribution < 1.29 is 4.79 Å². The largest absolute Gasteiger partial charge is 0.383 e. The number of anilines is 3. The third kappa shape index (κ3) is 4.22. The first-order valence-corrected chi connectivity index (χ1v) is 10.9. The maximum absolute atomic E-state index is 12.9. The van der Waals surface area contributed by atoms with E-state index in [0.29, 0.717) is 17.2 Å². The van der Waals surface area contributed by atoms with Crippen LogP contribution in [0.25, 0.3) is 21.9 Å². The van der Waals surface area contributed by atoms with E-state index in [4.69, 9.17) is 5.73 Å². The first-order chi connectivity index (χ1) is 16.0. The van der Waals surface area contributed by atoms with Crippen LogP contribution >= 0.6 is 0 Å². The average Bonchev–Trinajstić information content (AvgIpc) is 3.17. The van der Waals surface area contributed by atoms with Gasteiger partial charge in [0, 0.05) is 62.1 Å². The van der Waals surface area contributed by atoms with Gasteiger partial charge in [0.1, 0.15) is 17.5 Å². The van der Waals surface area contributed by atoms with E-state index in [1.54, 1.807) is 29.3 Å². The summed E-state index contributed by atoms with van der Waals surface area (Å²) < 4.78 is 1.64. The first-order valence-electron chi connectivity index (χ1n) is 10.9. The van der Waals surface area contributed by atoms with Crippen molar-refractivity contribution >= 4 is 34.1 Å². The summed E-state index contributed by atoms with van der Waals surface area (Å²) in [7, 11) is 3.92. The zero-order valence-corrected chi connectivity index (χ0v) is 18.7. The van der Waals surface area contributed by atoms with Crippen LogP contribution in [0.15, 0.2) is 55.0 Å². The van der Waals surface area contributed by atoms with Crippen LogP contribution in [-0.2, 0) is 7.05 Å². The Bertz CT molecular complexity index is 1320. The Kier molecular flexibility index (Phi) is 5.39. The number of carbonyl (C=O) groups is 1. The van der Waals surface area contributed by atoms with Crippen LogP contribution < -0.4 is 16.0 Å². The van der Waals surface area contributed by atoms with Gasteiger partial charge in [-0.05, 0) is 42.3 Å². The number of benzene rings is 1. The van der Waals surface area contributed by atoms with E-state index in [2.05, 4.69) is 37.2 Å². The molecule has 0 spiro atoms. The van der Waals surface area contributed by atoms with Crippen molar-refractivity contribution in [3.05, 3.63) is 60.6 Å². The van der Waals surface area contributed by atoms with Gasteiger partial charge >= 0.3 is 0 Å². The van der Waals surface area contributed by atoms with Crippen LogP contribution in [0.3, 0.4) is 0 Å². The Balaban J connectivity index is 1.37. The molecule has 4 aromatic rings. The number of nitrogens with zero attached hydrogens (tertiary/aromatic N) is 6. The molecule has 1 amide bonds. The number of fused-ring (bicyclic) bond motifs is 1. The third-order valence-electron chi connectivity index (χ3n) is 6.09. The number of hydrogen-bond donors (Lipinski definition) is 2. The van der Waals surface area contributed by atoms with E-state index >= 15 is 0 Å². The number of aryl methyl sites for hydroxylation is 1. The lowest BCUT2D eigenvalue weighted by Gasteiger charge is -2.33. The number of nitrogen functional groups attached to an aromatic ring is 1. The molecule has 9 nitrogen and oxygen atoms in total. The number of aromatic nitrogens is 4. The van der Waals surface area contributed by atoms with Gasteiger partial charge in [0.25, 0.3) is 5.91 Å². The normalized spacial score (nSPS) is 14.5. The molecule has 33 heavy (non-hydrogen) atoms. The fourth-order valence-corrected chi connectivity index (χ4v) is 4.00. The Morgan fingerprint density at radius 1 is 0.970 bits per heavy atom. The van der Waals surface area contributed by atoms with Gasteiger partial charge in [0.15, 0.2) is 0 Å². The molecule has 3 aromatic heterocycles. The molecular weight excluding hydrogens is 416 g/mol. The molecule has 0 atom stereocenters. The summed E-state index contributed by atoms with van der Waals surface area (Å²) in [6.45, 7) is 3.74. The summed E-state index contributed by atoms with van der Waals surface area (Å²) in [5.74, 6) is 1.70. The van der Waals surface area contributed by atoms with Gasteiger partial charge in [0.2, 0.25) is 0 Å². The van der Waals surface area contributed by atoms with Crippen LogP contribution in [0.2, 0.25) is 0 Å². The van der Waals surface area contributed by atoms with Crippen molar-refractivity contribution in [1.29, 1.82) is 0 Å². The molecule has 0 aliphatic carbocycles. The highest BCUT2D eigenvalue weighted by molar-refractivity contribution is 6.05. The zero-order valence-electron chi connectivity index (χ0n) is 18.7. The van der Waals surface area contributed by atoms with E-state index in [0.717, 1.165) is 53.9 Å². The van der Waals surface area contributed by atoms with Crippen molar-refractivity contribution in [2.24, 2.45) is 7.05 Å². The van der Waals surface area contributed by atoms with Gasteiger partial charge in [-0.25, -0.2) is 9.97 Å². The maximum atomic E-state index is 12.9. The molecular formula is C24H26N8O. The summed E-state index contributed by atoms with van der Waals surface area (Å²) in [6.07, 6.45) is 5.19. The predicted octanol–water partition coefficient (Wildman–Crippen LogP) is 2.62. The second-order valence-electron chi connectivity index (χ2n) is 8.35. The lowest BCUT2D eigenvalue weighted by Crippen LogP contribution is -2.44. The second-order valence-corrected chi connectivity index (χ2v) is 8.35. The standard InChI is InChI=1S/C24H26N8O/c1-30-7-9-32(10-8-30)22-13-17(5-6-26-22)24(33)29-21-12-19-11-16(3-4-18(19)14-27-21)20-15-28-31(2)23(20)25/h3-6,11-15H,7-10,25H2,1-2H3,(H,27,29,33). The van der Waals surface area contributed by atoms with Gasteiger partial charge in [-0.2, -0.15) is 5.10 Å². The SMILES string of the molecule is CN1CCN(c2cc(C(=O)Nc3cc4cc(-c5cnn(C)c5N)ccc4cn3)ccn2)CC1. The molecule has 1 fully saturated rings. The molecule has 5 rings (SSSR count). The minimum Gasteiger partial charge on any atom is -0.383 e. The smallest absolute Gasteiger partial charge is 0.257 e. The molecule has 0 bridgehead atoms. The van der Waals surface area contributed by atoms with Gasteiger partial charge in [0.05, 0.1) is 6.20 Å². The topological polar surface area (TPSA) is 105 Å². The third-order valence-corrected chi connectivity index (χ3v) is 6.09. The molecule has 4 heterocycles. The number of piperazine rings is 1. The molecule has 0 unspecified atom stereocenters. The van der Waals surface area contributed by atoms with Gasteiger partial charge in [-0.1, -0.05) is 12.1 Å². The molecule has 0 saturated carbocycles. The quantitative estimate of drug-likeness (QED) is 0.500. The number of rotatable bonds is 4. The van der Waals surface area contributed by atoms with E-state index < -0.39 is 0 Å². The van der Waals surface area contributed by atoms with E-state index in [-0.39, 0.29) is 5.91 Å². The molecule has 1 aromatic carbocycles. The van der Waals surface area contributed by atoms with Crippen LogP contribution in [0.5, 0.6) is 0 Å². The van der Waals surface area contributed by atoms with Gasteiger partial charge < -0.3 is 20.9 Å². The molecule has 1 aliphatic heterocycles. The number of nitrogens with one attached hydrogen (secondary N) is 1. The lowest BCUT2D eigenvalue weighted by molar-refractivity contribution is 0.102. The van der Waals surface area contributed by atoms with Crippen molar-refractivity contribution in [2.45, 2.75) is 0 Å². The van der Waals surface area contributed by atoms with Crippen molar-refractivity contribution in [3.63, 3.8) is 0 Å². The molecule has 168 valence electrons. The van der Waals surface area contributed by atoms with E-state index in [9.17, 15) is 4.79 Å². The van der Waals surface area contributed by atoms with Crippen LogP contribution in [0.1, 0.15) is 10.4 Å². The van der Waals surface area contributed by atoms with Crippen LogP contribution in [0, 0.1) is 0 Å². The highest BCUT2D eigenvalue weighted by Crippen LogP contribution is 2.29. The Morgan fingerprint density at radius 2 is 1.79 bits per heavy atom. The number of amides is 1. The number of nitrogens with two attached hydrogens (primary N) is 1. The molecule has 1 saturated heterocycles. The number of hydrogen-bond acceptors (Lipinski definition) is 7. The summed E-state index contributed by atoms with van der Waals surface area (Å²) in [5, 5.41) is 9.06. The maximum Gasteiger partial charge on any atom is 0.257 e. The van der Waals surface area contributed by atoms with Crippen molar-refractivity contribution in [1.82, 2.24) is 24.6 Å². The lowest BCUT2D eigenvalue weighted by atomic mass is 10.0. The fourth-order valence-electron chi connectivity index (χ4n) is 4.00. The average molecular weight is 443 g/mol. The zero-order chi connectivity index (χ0) is 22.9. The second kappa shape index (κ2) is 8.51. The monoisotopic (exact) mass is 442 g/mol. The van der Waals surface area contributed by atoms with Crippen LogP contribution in [-0.4, -0.2) is 63.8 Å². The van der Waals surface area contributed by atoms with Crippen molar-refractivity contribution in [3.8, 4) is 11.1 Å². The van der Waals surface area contributed by atoms with Gasteiger partial charge in [-0.15, -0.1) is 0 Å². The predicted molar refractivity (Wildman–Crippen MR) is 130 cm³/mol. The highest BCUT2D eigenvalue weighted by atomic mass is 16.1. The van der Waals surface area contributed by atoms with Crippen LogP contribution in [0.4, 0.5) is 17.5 Å². The fraction of sp³-hybridized carbons (Fsp3) is 0.250. The molecule has 0 radical (unpaired) electrons. The minimum absolute atomic E-state index is 0.215. The summed E-state index contributed by atoms with van der Waals surface area (Å²) in [6, 6.07) is 11.4. The minimum atomic E-state index is -0.215. The summed E-state index contributed by atoms with van der Waals surface area (Å²) in [5.41, 5.74) is 8.52. The highest BCUT2D eigenvalue weighted by Gasteiger charge is 2.17. The Hall–Kier alpha value is -3.98. The van der Waals surface area contributed by atoms with Crippen molar-refractivity contribution in [2.75, 3.05) is 49.2 Å². The number of carbonyl (C=O) groups excluding carboxylic acids is 1. The summed E-state index contributed by atoms with van der Waals surface area (Å²) >= 11 is 0. The van der Waals surface area contributed by atoms with E-state index in [1.807, 2.05) is 37.4 Å².